The molecule has 15 heavy (non-hydrogen) atoms. The van der Waals surface area contributed by atoms with Crippen molar-refractivity contribution in [2.75, 3.05) is 14.2 Å². The van der Waals surface area contributed by atoms with E-state index in [1.165, 1.54) is 0 Å². The molecule has 0 spiro atoms. The third kappa shape index (κ3) is 2.29. The van der Waals surface area contributed by atoms with E-state index in [4.69, 9.17) is 8.85 Å². The van der Waals surface area contributed by atoms with Gasteiger partial charge in [-0.05, 0) is 11.0 Å². The lowest BCUT2D eigenvalue weighted by Gasteiger charge is -2.51. The van der Waals surface area contributed by atoms with Gasteiger partial charge in [0.1, 0.15) is 0 Å². The molecule has 0 fully saturated rings. The predicted octanol–water partition coefficient (Wildman–Crippen LogP) is 3.96. The predicted molar refractivity (Wildman–Crippen MR) is 68.4 cm³/mol. The van der Waals surface area contributed by atoms with Gasteiger partial charge in [-0.3, -0.25) is 0 Å². The molecular weight excluding hydrogens is 204 g/mol. The number of hydrogen-bond donors (Lipinski definition) is 0. The van der Waals surface area contributed by atoms with Crippen LogP contribution in [0.25, 0.3) is 0 Å². The molecular formula is C12H28O2Si. The summed E-state index contributed by atoms with van der Waals surface area (Å²) in [5, 5.41) is 0.0671. The van der Waals surface area contributed by atoms with Crippen molar-refractivity contribution in [3.05, 3.63) is 0 Å². The van der Waals surface area contributed by atoms with Crippen LogP contribution in [0.1, 0.15) is 48.5 Å². The van der Waals surface area contributed by atoms with Crippen LogP contribution in [-0.4, -0.2) is 22.8 Å². The smallest absolute Gasteiger partial charge is 0.346 e. The summed E-state index contributed by atoms with van der Waals surface area (Å²) in [5.41, 5.74) is 0.622. The Morgan fingerprint density at radius 2 is 1.20 bits per heavy atom. The molecule has 0 saturated heterocycles. The second-order valence-electron chi connectivity index (χ2n) is 6.11. The van der Waals surface area contributed by atoms with Crippen molar-refractivity contribution in [2.24, 2.45) is 5.41 Å². The van der Waals surface area contributed by atoms with Gasteiger partial charge in [-0.1, -0.05) is 48.5 Å². The molecule has 0 aliphatic heterocycles. The van der Waals surface area contributed by atoms with Crippen LogP contribution >= 0.6 is 0 Å². The standard InChI is InChI=1S/C12H28O2Si/c1-10(2)15(13-8,14-9)12(6,7)11(3,4)5/h10H,1-9H3. The first kappa shape index (κ1) is 15.1. The lowest BCUT2D eigenvalue weighted by Crippen LogP contribution is -2.57. The van der Waals surface area contributed by atoms with Gasteiger partial charge < -0.3 is 8.85 Å². The third-order valence-electron chi connectivity index (χ3n) is 4.11. The summed E-state index contributed by atoms with van der Waals surface area (Å²) in [6.07, 6.45) is 0. The van der Waals surface area contributed by atoms with Crippen LogP contribution in [0.15, 0.2) is 0 Å². The molecule has 0 bridgehead atoms. The van der Waals surface area contributed by atoms with Gasteiger partial charge in [0, 0.05) is 19.3 Å². The highest BCUT2D eigenvalue weighted by Crippen LogP contribution is 2.55. The molecule has 0 unspecified atom stereocenters. The molecule has 0 heterocycles. The second-order valence-corrected chi connectivity index (χ2v) is 10.7. The van der Waals surface area contributed by atoms with Crippen molar-refractivity contribution >= 4 is 8.56 Å². The van der Waals surface area contributed by atoms with E-state index in [1.54, 1.807) is 14.2 Å². The van der Waals surface area contributed by atoms with Crippen molar-refractivity contribution < 1.29 is 8.85 Å². The van der Waals surface area contributed by atoms with E-state index in [1.807, 2.05) is 0 Å². The van der Waals surface area contributed by atoms with Crippen molar-refractivity contribution in [3.8, 4) is 0 Å². The summed E-state index contributed by atoms with van der Waals surface area (Å²) in [5.74, 6) is 0. The molecule has 92 valence electrons. The van der Waals surface area contributed by atoms with E-state index in [9.17, 15) is 0 Å². The first-order valence-electron chi connectivity index (χ1n) is 5.67. The summed E-state index contributed by atoms with van der Waals surface area (Å²) in [4.78, 5) is 0. The van der Waals surface area contributed by atoms with Crippen molar-refractivity contribution in [3.63, 3.8) is 0 Å². The lowest BCUT2D eigenvalue weighted by atomic mass is 9.82. The molecule has 0 amide bonds. The van der Waals surface area contributed by atoms with E-state index in [0.717, 1.165) is 0 Å². The maximum Gasteiger partial charge on any atom is 0.346 e. The van der Waals surface area contributed by atoms with Gasteiger partial charge in [-0.15, -0.1) is 0 Å². The minimum atomic E-state index is -2.18. The van der Waals surface area contributed by atoms with Gasteiger partial charge in [0.25, 0.3) is 0 Å². The monoisotopic (exact) mass is 232 g/mol. The molecule has 0 aromatic heterocycles. The van der Waals surface area contributed by atoms with Gasteiger partial charge in [0.05, 0.1) is 0 Å². The van der Waals surface area contributed by atoms with Gasteiger partial charge in [0.2, 0.25) is 0 Å². The Labute approximate surface area is 96.6 Å². The first-order valence-corrected chi connectivity index (χ1v) is 7.56. The quantitative estimate of drug-likeness (QED) is 0.683. The number of rotatable bonds is 4. The average Bonchev–Trinajstić information content (AvgIpc) is 2.04. The fourth-order valence-electron chi connectivity index (χ4n) is 2.31. The van der Waals surface area contributed by atoms with Crippen LogP contribution in [0, 0.1) is 5.41 Å². The zero-order chi connectivity index (χ0) is 12.5. The highest BCUT2D eigenvalue weighted by Gasteiger charge is 2.58. The van der Waals surface area contributed by atoms with Crippen molar-refractivity contribution in [1.29, 1.82) is 0 Å². The topological polar surface area (TPSA) is 18.5 Å². The van der Waals surface area contributed by atoms with E-state index in [-0.39, 0.29) is 10.5 Å². The van der Waals surface area contributed by atoms with Gasteiger partial charge in [0.15, 0.2) is 0 Å². The Kier molecular flexibility index (Phi) is 4.60. The first-order chi connectivity index (χ1) is 6.56. The highest BCUT2D eigenvalue weighted by atomic mass is 28.4. The maximum atomic E-state index is 5.86. The summed E-state index contributed by atoms with van der Waals surface area (Å²) < 4.78 is 11.7. The Hall–Kier alpha value is 0.137. The van der Waals surface area contributed by atoms with E-state index in [0.29, 0.717) is 5.54 Å². The molecule has 0 radical (unpaired) electrons. The summed E-state index contributed by atoms with van der Waals surface area (Å²) in [7, 11) is 1.41. The van der Waals surface area contributed by atoms with Crippen LogP contribution in [0.3, 0.4) is 0 Å². The fourth-order valence-corrected chi connectivity index (χ4v) is 6.93. The lowest BCUT2D eigenvalue weighted by molar-refractivity contribution is 0.148. The minimum absolute atomic E-state index is 0.0671. The maximum absolute atomic E-state index is 5.86. The second kappa shape index (κ2) is 4.56. The minimum Gasteiger partial charge on any atom is -0.397 e. The molecule has 3 heteroatoms. The molecule has 0 atom stereocenters. The van der Waals surface area contributed by atoms with Crippen molar-refractivity contribution in [1.82, 2.24) is 0 Å². The summed E-state index contributed by atoms with van der Waals surface area (Å²) >= 11 is 0. The van der Waals surface area contributed by atoms with Crippen molar-refractivity contribution in [2.45, 2.75) is 59.0 Å². The Bertz CT molecular complexity index is 200. The molecule has 0 aromatic rings. The van der Waals surface area contributed by atoms with Crippen LogP contribution in [0.4, 0.5) is 0 Å². The molecule has 0 N–H and O–H groups in total. The molecule has 0 saturated carbocycles. The van der Waals surface area contributed by atoms with Gasteiger partial charge >= 0.3 is 8.56 Å². The Morgan fingerprint density at radius 3 is 1.27 bits per heavy atom. The summed E-state index contributed by atoms with van der Waals surface area (Å²) in [6.45, 7) is 15.7. The van der Waals surface area contributed by atoms with Crippen LogP contribution in [-0.2, 0) is 8.85 Å². The van der Waals surface area contributed by atoms with E-state index < -0.39 is 8.56 Å². The Balaban J connectivity index is 5.43. The Morgan fingerprint density at radius 1 is 0.867 bits per heavy atom. The van der Waals surface area contributed by atoms with Crippen LogP contribution < -0.4 is 0 Å². The van der Waals surface area contributed by atoms with Crippen LogP contribution in [0.5, 0.6) is 0 Å². The highest BCUT2D eigenvalue weighted by molar-refractivity contribution is 6.72. The molecule has 2 nitrogen and oxygen atoms in total. The largest absolute Gasteiger partial charge is 0.397 e. The van der Waals surface area contributed by atoms with Gasteiger partial charge in [-0.25, -0.2) is 0 Å². The summed E-state index contributed by atoms with van der Waals surface area (Å²) in [6, 6.07) is 0. The number of hydrogen-bond acceptors (Lipinski definition) is 2. The zero-order valence-electron chi connectivity index (χ0n) is 11.9. The molecule has 0 rings (SSSR count). The third-order valence-corrected chi connectivity index (χ3v) is 9.34. The van der Waals surface area contributed by atoms with E-state index >= 15 is 0 Å². The van der Waals surface area contributed by atoms with E-state index in [2.05, 4.69) is 48.5 Å². The van der Waals surface area contributed by atoms with Gasteiger partial charge in [-0.2, -0.15) is 0 Å². The normalized spacial score (nSPS) is 14.8. The zero-order valence-corrected chi connectivity index (χ0v) is 12.9. The van der Waals surface area contributed by atoms with Crippen LogP contribution in [0.2, 0.25) is 10.6 Å². The SMILES string of the molecule is CO[Si](OC)(C(C)C)C(C)(C)C(C)(C)C. The molecule has 0 aliphatic rings. The fraction of sp³-hybridized carbons (Fsp3) is 1.00. The molecule has 0 aliphatic carbocycles. The average molecular weight is 232 g/mol. The molecule has 0 aromatic carbocycles.